The number of benzene rings is 1. The van der Waals surface area contributed by atoms with Crippen molar-refractivity contribution in [3.63, 3.8) is 0 Å². The van der Waals surface area contributed by atoms with Crippen LogP contribution in [0, 0.1) is 0 Å². The van der Waals surface area contributed by atoms with Crippen LogP contribution in [0.3, 0.4) is 0 Å². The molecule has 0 saturated heterocycles. The van der Waals surface area contributed by atoms with Gasteiger partial charge in [0.05, 0.1) is 6.42 Å². The molecule has 0 aliphatic heterocycles. The van der Waals surface area contributed by atoms with Crippen molar-refractivity contribution in [2.45, 2.75) is 19.3 Å². The SMILES string of the molecule is O=C(Cc1ccc(Cl)cc1)NCCCc1ccccn1. The first kappa shape index (κ1) is 14.5. The maximum absolute atomic E-state index is 11.7. The lowest BCUT2D eigenvalue weighted by atomic mass is 10.1. The Morgan fingerprint density at radius 3 is 2.65 bits per heavy atom. The third-order valence-corrected chi connectivity index (χ3v) is 3.19. The largest absolute Gasteiger partial charge is 0.356 e. The van der Waals surface area contributed by atoms with Gasteiger partial charge in [0.2, 0.25) is 5.91 Å². The van der Waals surface area contributed by atoms with Gasteiger partial charge in [-0.3, -0.25) is 9.78 Å². The van der Waals surface area contributed by atoms with Crippen molar-refractivity contribution in [1.82, 2.24) is 10.3 Å². The van der Waals surface area contributed by atoms with Crippen molar-refractivity contribution in [1.29, 1.82) is 0 Å². The fourth-order valence-electron chi connectivity index (χ4n) is 1.89. The molecular formula is C16H17ClN2O. The minimum Gasteiger partial charge on any atom is -0.356 e. The molecule has 0 radical (unpaired) electrons. The zero-order valence-electron chi connectivity index (χ0n) is 11.2. The number of aromatic nitrogens is 1. The standard InChI is InChI=1S/C16H17ClN2O/c17-14-8-6-13(7-9-14)12-16(20)19-11-3-5-15-4-1-2-10-18-15/h1-2,4,6-10H,3,5,11-12H2,(H,19,20). The fourth-order valence-corrected chi connectivity index (χ4v) is 2.02. The van der Waals surface area contributed by atoms with E-state index in [1.165, 1.54) is 0 Å². The van der Waals surface area contributed by atoms with E-state index in [1.807, 2.05) is 30.3 Å². The smallest absolute Gasteiger partial charge is 0.224 e. The molecule has 2 rings (SSSR count). The van der Waals surface area contributed by atoms with Gasteiger partial charge in [-0.25, -0.2) is 0 Å². The zero-order valence-corrected chi connectivity index (χ0v) is 11.9. The predicted molar refractivity (Wildman–Crippen MR) is 80.7 cm³/mol. The Labute approximate surface area is 124 Å². The lowest BCUT2D eigenvalue weighted by Crippen LogP contribution is -2.26. The van der Waals surface area contributed by atoms with Crippen LogP contribution >= 0.6 is 11.6 Å². The minimum atomic E-state index is 0.0355. The summed E-state index contributed by atoms with van der Waals surface area (Å²) in [6.45, 7) is 0.670. The number of rotatable bonds is 6. The van der Waals surface area contributed by atoms with Crippen LogP contribution in [0.15, 0.2) is 48.7 Å². The number of carbonyl (C=O) groups is 1. The Kier molecular flexibility index (Phi) is 5.56. The molecule has 20 heavy (non-hydrogen) atoms. The predicted octanol–water partition coefficient (Wildman–Crippen LogP) is 3.03. The van der Waals surface area contributed by atoms with E-state index >= 15 is 0 Å². The van der Waals surface area contributed by atoms with Crippen LogP contribution in [-0.4, -0.2) is 17.4 Å². The minimum absolute atomic E-state index is 0.0355. The molecule has 0 aliphatic rings. The highest BCUT2D eigenvalue weighted by atomic mass is 35.5. The van der Waals surface area contributed by atoms with Crippen LogP contribution in [0.2, 0.25) is 5.02 Å². The number of aryl methyl sites for hydroxylation is 1. The quantitative estimate of drug-likeness (QED) is 0.830. The lowest BCUT2D eigenvalue weighted by Gasteiger charge is -2.05. The summed E-state index contributed by atoms with van der Waals surface area (Å²) in [5, 5.41) is 3.60. The lowest BCUT2D eigenvalue weighted by molar-refractivity contribution is -0.120. The molecule has 3 nitrogen and oxygen atoms in total. The van der Waals surface area contributed by atoms with Crippen LogP contribution in [0.1, 0.15) is 17.7 Å². The van der Waals surface area contributed by atoms with Crippen LogP contribution in [0.25, 0.3) is 0 Å². The van der Waals surface area contributed by atoms with Gasteiger partial charge in [0.1, 0.15) is 0 Å². The molecule has 1 heterocycles. The van der Waals surface area contributed by atoms with E-state index in [4.69, 9.17) is 11.6 Å². The summed E-state index contributed by atoms with van der Waals surface area (Å²) >= 11 is 5.80. The van der Waals surface area contributed by atoms with Gasteiger partial charge in [-0.2, -0.15) is 0 Å². The number of pyridine rings is 1. The summed E-state index contributed by atoms with van der Waals surface area (Å²) < 4.78 is 0. The van der Waals surface area contributed by atoms with E-state index in [-0.39, 0.29) is 5.91 Å². The molecule has 1 N–H and O–H groups in total. The summed E-state index contributed by atoms with van der Waals surface area (Å²) in [6, 6.07) is 13.2. The molecule has 1 amide bonds. The number of nitrogens with one attached hydrogen (secondary N) is 1. The van der Waals surface area contributed by atoms with Crippen LogP contribution in [0.5, 0.6) is 0 Å². The number of amides is 1. The molecule has 0 bridgehead atoms. The van der Waals surface area contributed by atoms with Gasteiger partial charge < -0.3 is 5.32 Å². The molecule has 1 aromatic carbocycles. The van der Waals surface area contributed by atoms with E-state index in [0.29, 0.717) is 18.0 Å². The third kappa shape index (κ3) is 5.02. The van der Waals surface area contributed by atoms with Gasteiger partial charge in [-0.15, -0.1) is 0 Å². The van der Waals surface area contributed by atoms with E-state index in [2.05, 4.69) is 10.3 Å². The van der Waals surface area contributed by atoms with Crippen molar-refractivity contribution < 1.29 is 4.79 Å². The van der Waals surface area contributed by atoms with E-state index in [0.717, 1.165) is 24.1 Å². The highest BCUT2D eigenvalue weighted by Crippen LogP contribution is 2.09. The highest BCUT2D eigenvalue weighted by Gasteiger charge is 2.02. The Balaban J connectivity index is 1.66. The summed E-state index contributed by atoms with van der Waals surface area (Å²) in [7, 11) is 0. The number of carbonyl (C=O) groups excluding carboxylic acids is 1. The van der Waals surface area contributed by atoms with Crippen LogP contribution in [-0.2, 0) is 17.6 Å². The van der Waals surface area contributed by atoms with Gasteiger partial charge in [-0.1, -0.05) is 29.8 Å². The van der Waals surface area contributed by atoms with Crippen molar-refractivity contribution in [3.05, 3.63) is 64.9 Å². The van der Waals surface area contributed by atoms with E-state index < -0.39 is 0 Å². The molecule has 2 aromatic rings. The Morgan fingerprint density at radius 2 is 1.95 bits per heavy atom. The topological polar surface area (TPSA) is 42.0 Å². The Morgan fingerprint density at radius 1 is 1.15 bits per heavy atom. The second-order valence-electron chi connectivity index (χ2n) is 4.58. The first-order valence-electron chi connectivity index (χ1n) is 6.65. The van der Waals surface area contributed by atoms with Gasteiger partial charge in [-0.05, 0) is 42.7 Å². The normalized spacial score (nSPS) is 10.2. The Bertz CT molecular complexity index is 540. The summed E-state index contributed by atoms with van der Waals surface area (Å²) in [5.74, 6) is 0.0355. The van der Waals surface area contributed by atoms with Crippen molar-refractivity contribution >= 4 is 17.5 Å². The average molecular weight is 289 g/mol. The van der Waals surface area contributed by atoms with Gasteiger partial charge in [0.25, 0.3) is 0 Å². The van der Waals surface area contributed by atoms with Gasteiger partial charge >= 0.3 is 0 Å². The molecule has 0 spiro atoms. The van der Waals surface area contributed by atoms with Gasteiger partial charge in [0.15, 0.2) is 0 Å². The van der Waals surface area contributed by atoms with E-state index in [9.17, 15) is 4.79 Å². The van der Waals surface area contributed by atoms with Gasteiger partial charge in [0, 0.05) is 23.5 Å². The molecular weight excluding hydrogens is 272 g/mol. The van der Waals surface area contributed by atoms with Crippen molar-refractivity contribution in [2.75, 3.05) is 6.54 Å². The molecule has 0 aliphatic carbocycles. The maximum Gasteiger partial charge on any atom is 0.224 e. The third-order valence-electron chi connectivity index (χ3n) is 2.94. The molecule has 0 unspecified atom stereocenters. The number of hydrogen-bond acceptors (Lipinski definition) is 2. The summed E-state index contributed by atoms with van der Waals surface area (Å²) in [5.41, 5.74) is 2.02. The maximum atomic E-state index is 11.7. The molecule has 0 saturated carbocycles. The van der Waals surface area contributed by atoms with Crippen LogP contribution in [0.4, 0.5) is 0 Å². The first-order valence-corrected chi connectivity index (χ1v) is 7.03. The second-order valence-corrected chi connectivity index (χ2v) is 5.01. The second kappa shape index (κ2) is 7.65. The van der Waals surface area contributed by atoms with Crippen LogP contribution < -0.4 is 5.32 Å². The molecule has 4 heteroatoms. The highest BCUT2D eigenvalue weighted by molar-refractivity contribution is 6.30. The number of nitrogens with zero attached hydrogens (tertiary/aromatic N) is 1. The summed E-state index contributed by atoms with van der Waals surface area (Å²) in [6.07, 6.45) is 3.95. The Hall–Kier alpha value is -1.87. The molecule has 0 fully saturated rings. The first-order chi connectivity index (χ1) is 9.74. The number of halogens is 1. The monoisotopic (exact) mass is 288 g/mol. The average Bonchev–Trinajstić information content (AvgIpc) is 2.47. The number of hydrogen-bond donors (Lipinski definition) is 1. The summed E-state index contributed by atoms with van der Waals surface area (Å²) in [4.78, 5) is 16.0. The molecule has 1 aromatic heterocycles. The molecule has 0 atom stereocenters. The molecule has 104 valence electrons. The fraction of sp³-hybridized carbons (Fsp3) is 0.250. The zero-order chi connectivity index (χ0) is 14.2. The van der Waals surface area contributed by atoms with Crippen molar-refractivity contribution in [2.24, 2.45) is 0 Å². The van der Waals surface area contributed by atoms with Crippen molar-refractivity contribution in [3.8, 4) is 0 Å². The van der Waals surface area contributed by atoms with E-state index in [1.54, 1.807) is 18.3 Å².